The molecule has 0 N–H and O–H groups in total. The van der Waals surface area contributed by atoms with E-state index in [2.05, 4.69) is 9.47 Å². The molecule has 3 nitrogen and oxygen atoms in total. The molecule has 0 aliphatic heterocycles. The summed E-state index contributed by atoms with van der Waals surface area (Å²) in [6, 6.07) is 5.12. The first-order chi connectivity index (χ1) is 5.83. The van der Waals surface area contributed by atoms with Crippen molar-refractivity contribution in [1.82, 2.24) is 0 Å². The van der Waals surface area contributed by atoms with Gasteiger partial charge in [-0.1, -0.05) is 6.07 Å². The van der Waals surface area contributed by atoms with E-state index in [-0.39, 0.29) is 0 Å². The average Bonchev–Trinajstić information content (AvgIpc) is 2.16. The third kappa shape index (κ3) is 1.56. The molecule has 1 aromatic rings. The summed E-state index contributed by atoms with van der Waals surface area (Å²) in [4.78, 5) is 10.5. The van der Waals surface area contributed by atoms with E-state index in [1.807, 2.05) is 0 Å². The van der Waals surface area contributed by atoms with Gasteiger partial charge in [0.25, 0.3) is 0 Å². The van der Waals surface area contributed by atoms with Crippen molar-refractivity contribution >= 4 is 15.8 Å². The lowest BCUT2D eigenvalue weighted by atomic mass is 10.2. The molecule has 0 spiro atoms. The van der Waals surface area contributed by atoms with Crippen LogP contribution >= 0.6 is 9.47 Å². The highest BCUT2D eigenvalue weighted by Crippen LogP contribution is 2.31. The molecule has 0 fully saturated rings. The lowest BCUT2D eigenvalue weighted by Crippen LogP contribution is -1.90. The van der Waals surface area contributed by atoms with Crippen molar-refractivity contribution in [3.8, 4) is 11.5 Å². The Labute approximate surface area is 73.0 Å². The lowest BCUT2D eigenvalue weighted by molar-refractivity contribution is 0.112. The number of benzene rings is 1. The van der Waals surface area contributed by atoms with Gasteiger partial charge in [0, 0.05) is 0 Å². The number of ether oxygens (including phenoxy) is 1. The fourth-order valence-electron chi connectivity index (χ4n) is 0.912. The molecule has 64 valence electrons. The molecule has 0 radical (unpaired) electrons. The lowest BCUT2D eigenvalue weighted by Gasteiger charge is -2.07. The zero-order chi connectivity index (χ0) is 8.97. The van der Waals surface area contributed by atoms with Crippen molar-refractivity contribution in [3.63, 3.8) is 0 Å². The summed E-state index contributed by atoms with van der Waals surface area (Å²) in [5.74, 6) is 0.995. The second kappa shape index (κ2) is 4.07. The van der Waals surface area contributed by atoms with Gasteiger partial charge in [-0.15, -0.1) is 0 Å². The Morgan fingerprint density at radius 1 is 1.50 bits per heavy atom. The number of carbonyl (C=O) groups excluding carboxylic acids is 1. The third-order valence-electron chi connectivity index (χ3n) is 1.47. The highest BCUT2D eigenvalue weighted by Gasteiger charge is 2.07. The predicted octanol–water partition coefficient (Wildman–Crippen LogP) is 1.68. The predicted molar refractivity (Wildman–Crippen MR) is 48.7 cm³/mol. The van der Waals surface area contributed by atoms with Crippen LogP contribution in [0.5, 0.6) is 11.5 Å². The first-order valence-electron chi connectivity index (χ1n) is 3.32. The molecule has 12 heavy (non-hydrogen) atoms. The van der Waals surface area contributed by atoms with Crippen LogP contribution < -0.4 is 9.26 Å². The van der Waals surface area contributed by atoms with Crippen molar-refractivity contribution in [2.45, 2.75) is 0 Å². The molecule has 1 unspecified atom stereocenters. The summed E-state index contributed by atoms with van der Waals surface area (Å²) in [6.45, 7) is 0. The Bertz CT molecular complexity index is 286. The van der Waals surface area contributed by atoms with Crippen LogP contribution in [0.3, 0.4) is 0 Å². The molecular formula is C8H9O3P. The first kappa shape index (κ1) is 9.01. The molecule has 0 saturated carbocycles. The van der Waals surface area contributed by atoms with Crippen LogP contribution in [0.15, 0.2) is 18.2 Å². The standard InChI is InChI=1S/C8H9O3P/c1-10-7-4-2-3-6(5-9)8(7)11-12/h2-5H,12H2,1H3. The topological polar surface area (TPSA) is 35.5 Å². The maximum atomic E-state index is 10.5. The van der Waals surface area contributed by atoms with Gasteiger partial charge in [0.05, 0.1) is 22.1 Å². The van der Waals surface area contributed by atoms with Gasteiger partial charge in [0.15, 0.2) is 17.8 Å². The largest absolute Gasteiger partial charge is 0.493 e. The SMILES string of the molecule is COc1cccc(C=O)c1OP. The smallest absolute Gasteiger partial charge is 0.174 e. The molecule has 0 saturated heterocycles. The molecule has 1 aromatic carbocycles. The third-order valence-corrected chi connectivity index (χ3v) is 1.71. The summed E-state index contributed by atoms with van der Waals surface area (Å²) >= 11 is 0. The molecule has 0 heterocycles. The van der Waals surface area contributed by atoms with Crippen molar-refractivity contribution < 1.29 is 14.1 Å². The van der Waals surface area contributed by atoms with Gasteiger partial charge >= 0.3 is 0 Å². The van der Waals surface area contributed by atoms with Gasteiger partial charge in [-0.2, -0.15) is 0 Å². The summed E-state index contributed by atoms with van der Waals surface area (Å²) in [7, 11) is 3.61. The number of hydrogen-bond acceptors (Lipinski definition) is 3. The Hall–Kier alpha value is -1.08. The minimum atomic E-state index is 0.444. The van der Waals surface area contributed by atoms with Gasteiger partial charge in [-0.25, -0.2) is 0 Å². The van der Waals surface area contributed by atoms with Gasteiger partial charge in [-0.3, -0.25) is 4.79 Å². The Kier molecular flexibility index (Phi) is 3.06. The minimum Gasteiger partial charge on any atom is -0.493 e. The summed E-state index contributed by atoms with van der Waals surface area (Å²) < 4.78 is 9.90. The van der Waals surface area contributed by atoms with E-state index in [9.17, 15) is 4.79 Å². The van der Waals surface area contributed by atoms with Crippen LogP contribution in [0.25, 0.3) is 0 Å². The number of hydrogen-bond donors (Lipinski definition) is 0. The maximum absolute atomic E-state index is 10.5. The minimum absolute atomic E-state index is 0.444. The van der Waals surface area contributed by atoms with Gasteiger partial charge < -0.3 is 9.26 Å². The van der Waals surface area contributed by atoms with E-state index in [0.717, 1.165) is 6.29 Å². The molecule has 0 aliphatic carbocycles. The van der Waals surface area contributed by atoms with Gasteiger partial charge in [0.1, 0.15) is 0 Å². The fraction of sp³-hybridized carbons (Fsp3) is 0.125. The van der Waals surface area contributed by atoms with E-state index in [4.69, 9.17) is 9.26 Å². The van der Waals surface area contributed by atoms with Crippen molar-refractivity contribution in [1.29, 1.82) is 0 Å². The van der Waals surface area contributed by atoms with Crippen LogP contribution in [-0.4, -0.2) is 13.4 Å². The number of carbonyl (C=O) groups is 1. The average molecular weight is 184 g/mol. The van der Waals surface area contributed by atoms with Crippen molar-refractivity contribution in [2.24, 2.45) is 0 Å². The highest BCUT2D eigenvalue weighted by molar-refractivity contribution is 7.10. The molecule has 1 atom stereocenters. The molecule has 0 aromatic heterocycles. The number of rotatable bonds is 3. The van der Waals surface area contributed by atoms with Crippen LogP contribution in [0.2, 0.25) is 0 Å². The quantitative estimate of drug-likeness (QED) is 0.529. The van der Waals surface area contributed by atoms with E-state index in [0.29, 0.717) is 17.1 Å². The molecule has 0 bridgehead atoms. The van der Waals surface area contributed by atoms with E-state index in [1.54, 1.807) is 18.2 Å². The molecule has 0 amide bonds. The van der Waals surface area contributed by atoms with Crippen molar-refractivity contribution in [2.75, 3.05) is 7.11 Å². The monoisotopic (exact) mass is 184 g/mol. The second-order valence-corrected chi connectivity index (χ2v) is 2.35. The van der Waals surface area contributed by atoms with Crippen LogP contribution in [0.1, 0.15) is 10.4 Å². The van der Waals surface area contributed by atoms with Gasteiger partial charge in [0.2, 0.25) is 0 Å². The van der Waals surface area contributed by atoms with E-state index in [1.165, 1.54) is 7.11 Å². The van der Waals surface area contributed by atoms with Crippen LogP contribution in [-0.2, 0) is 0 Å². The first-order valence-corrected chi connectivity index (χ1v) is 3.79. The maximum Gasteiger partial charge on any atom is 0.174 e. The van der Waals surface area contributed by atoms with Gasteiger partial charge in [-0.05, 0) is 12.1 Å². The Morgan fingerprint density at radius 3 is 2.75 bits per heavy atom. The number of para-hydroxylation sites is 1. The zero-order valence-corrected chi connectivity index (χ0v) is 7.77. The van der Waals surface area contributed by atoms with Crippen molar-refractivity contribution in [3.05, 3.63) is 23.8 Å². The Morgan fingerprint density at radius 2 is 2.25 bits per heavy atom. The molecule has 0 aliphatic rings. The Balaban J connectivity index is 3.21. The second-order valence-electron chi connectivity index (χ2n) is 2.11. The highest BCUT2D eigenvalue weighted by atomic mass is 31.0. The molecule has 4 heteroatoms. The van der Waals surface area contributed by atoms with E-state index < -0.39 is 0 Å². The normalized spacial score (nSPS) is 9.17. The zero-order valence-electron chi connectivity index (χ0n) is 6.61. The summed E-state index contributed by atoms with van der Waals surface area (Å²) in [5.41, 5.74) is 0.476. The van der Waals surface area contributed by atoms with Crippen LogP contribution in [0.4, 0.5) is 0 Å². The molecular weight excluding hydrogens is 175 g/mol. The number of aldehydes is 1. The number of methoxy groups -OCH3 is 1. The molecule has 1 rings (SSSR count). The fourth-order valence-corrected chi connectivity index (χ4v) is 1.16. The van der Waals surface area contributed by atoms with Crippen LogP contribution in [0, 0.1) is 0 Å². The van der Waals surface area contributed by atoms with E-state index >= 15 is 0 Å². The summed E-state index contributed by atoms with van der Waals surface area (Å²) in [6.07, 6.45) is 0.724. The summed E-state index contributed by atoms with van der Waals surface area (Å²) in [5, 5.41) is 0.